The Morgan fingerprint density at radius 1 is 1.35 bits per heavy atom. The summed E-state index contributed by atoms with van der Waals surface area (Å²) in [7, 11) is 1.65. The fourth-order valence-electron chi connectivity index (χ4n) is 3.52. The Morgan fingerprint density at radius 3 is 2.74 bits per heavy atom. The number of aliphatic hydroxyl groups excluding tert-OH is 1. The molecule has 2 N–H and O–H groups in total. The molecular weight excluding hydrogens is 290 g/mol. The van der Waals surface area contributed by atoms with Crippen LogP contribution in [0.1, 0.15) is 49.7 Å². The summed E-state index contributed by atoms with van der Waals surface area (Å²) in [6.45, 7) is 2.11. The molecule has 4 heteroatoms. The van der Waals surface area contributed by atoms with E-state index in [2.05, 4.69) is 5.32 Å². The number of hydrogen-bond acceptors (Lipinski definition) is 3. The maximum atomic E-state index is 12.4. The highest BCUT2D eigenvalue weighted by molar-refractivity contribution is 5.79. The summed E-state index contributed by atoms with van der Waals surface area (Å²) in [5.41, 5.74) is 2.02. The second-order valence-corrected chi connectivity index (χ2v) is 6.57. The van der Waals surface area contributed by atoms with Gasteiger partial charge in [-0.3, -0.25) is 4.79 Å². The number of carbonyl (C=O) groups excluding carboxylic acids is 1. The van der Waals surface area contributed by atoms with Crippen molar-refractivity contribution in [1.82, 2.24) is 5.32 Å². The van der Waals surface area contributed by atoms with E-state index >= 15 is 0 Å². The molecule has 0 bridgehead atoms. The highest BCUT2D eigenvalue weighted by Gasteiger charge is 2.24. The Kier molecular flexibility index (Phi) is 6.90. The number of aliphatic hydroxyl groups is 1. The van der Waals surface area contributed by atoms with E-state index in [4.69, 9.17) is 4.74 Å². The standard InChI is InChI=1S/C19H29NO3/c1-14-8-9-15(12-18(14)23-2)13-19(22)20-17(10-11-21)16-6-4-3-5-7-16/h8-9,12,16-17,21H,3-7,10-11,13H2,1-2H3,(H,20,22). The summed E-state index contributed by atoms with van der Waals surface area (Å²) in [4.78, 5) is 12.4. The summed E-state index contributed by atoms with van der Waals surface area (Å²) in [6, 6.07) is 5.98. The fraction of sp³-hybridized carbons (Fsp3) is 0.632. The number of benzene rings is 1. The molecule has 1 atom stereocenters. The average molecular weight is 319 g/mol. The van der Waals surface area contributed by atoms with Crippen LogP contribution in [0.2, 0.25) is 0 Å². The number of rotatable bonds is 7. The lowest BCUT2D eigenvalue weighted by Crippen LogP contribution is -2.42. The first kappa shape index (κ1) is 17.8. The lowest BCUT2D eigenvalue weighted by Gasteiger charge is -2.30. The van der Waals surface area contributed by atoms with E-state index in [1.165, 1.54) is 19.3 Å². The van der Waals surface area contributed by atoms with Crippen molar-refractivity contribution >= 4 is 5.91 Å². The molecule has 1 aliphatic rings. The molecule has 1 aliphatic carbocycles. The average Bonchev–Trinajstić information content (AvgIpc) is 2.57. The van der Waals surface area contributed by atoms with Gasteiger partial charge in [0.15, 0.2) is 0 Å². The molecule has 128 valence electrons. The number of amides is 1. The van der Waals surface area contributed by atoms with Crippen LogP contribution in [0.15, 0.2) is 18.2 Å². The van der Waals surface area contributed by atoms with Crippen LogP contribution in [0.5, 0.6) is 5.75 Å². The first-order chi connectivity index (χ1) is 11.1. The van der Waals surface area contributed by atoms with Crippen LogP contribution in [0.3, 0.4) is 0 Å². The maximum Gasteiger partial charge on any atom is 0.224 e. The maximum absolute atomic E-state index is 12.4. The third-order valence-electron chi connectivity index (χ3n) is 4.84. The zero-order valence-corrected chi connectivity index (χ0v) is 14.3. The summed E-state index contributed by atoms with van der Waals surface area (Å²) in [5.74, 6) is 1.35. The Labute approximate surface area is 139 Å². The molecule has 2 rings (SSSR count). The molecule has 0 saturated heterocycles. The lowest BCUT2D eigenvalue weighted by atomic mass is 9.82. The topological polar surface area (TPSA) is 58.6 Å². The number of methoxy groups -OCH3 is 1. The van der Waals surface area contributed by atoms with Crippen molar-refractivity contribution in [2.45, 2.75) is 57.9 Å². The summed E-state index contributed by atoms with van der Waals surface area (Å²) in [6.07, 6.45) is 7.07. The molecule has 0 aliphatic heterocycles. The minimum absolute atomic E-state index is 0.0277. The van der Waals surface area contributed by atoms with Crippen LogP contribution in [-0.2, 0) is 11.2 Å². The quantitative estimate of drug-likeness (QED) is 0.812. The molecule has 4 nitrogen and oxygen atoms in total. The molecule has 0 heterocycles. The highest BCUT2D eigenvalue weighted by Crippen LogP contribution is 2.28. The van der Waals surface area contributed by atoms with Crippen LogP contribution < -0.4 is 10.1 Å². The van der Waals surface area contributed by atoms with Gasteiger partial charge in [0.2, 0.25) is 5.91 Å². The molecule has 23 heavy (non-hydrogen) atoms. The van der Waals surface area contributed by atoms with Gasteiger partial charge in [-0.15, -0.1) is 0 Å². The van der Waals surface area contributed by atoms with Crippen LogP contribution >= 0.6 is 0 Å². The van der Waals surface area contributed by atoms with Crippen LogP contribution in [0.25, 0.3) is 0 Å². The predicted octanol–water partition coefficient (Wildman–Crippen LogP) is 2.99. The van der Waals surface area contributed by atoms with Crippen LogP contribution in [0.4, 0.5) is 0 Å². The highest BCUT2D eigenvalue weighted by atomic mass is 16.5. The van der Waals surface area contributed by atoms with Gasteiger partial charge in [-0.05, 0) is 49.3 Å². The Bertz CT molecular complexity index is 509. The normalized spacial score (nSPS) is 16.8. The molecule has 0 aromatic heterocycles. The van der Waals surface area contributed by atoms with Gasteiger partial charge < -0.3 is 15.2 Å². The van der Waals surface area contributed by atoms with E-state index in [1.54, 1.807) is 7.11 Å². The second kappa shape index (κ2) is 8.92. The largest absolute Gasteiger partial charge is 0.496 e. The minimum atomic E-state index is 0.0277. The predicted molar refractivity (Wildman–Crippen MR) is 91.6 cm³/mol. The van der Waals surface area contributed by atoms with E-state index in [9.17, 15) is 9.90 Å². The van der Waals surface area contributed by atoms with Crippen molar-refractivity contribution in [3.8, 4) is 5.75 Å². The molecule has 0 radical (unpaired) electrons. The second-order valence-electron chi connectivity index (χ2n) is 6.57. The van der Waals surface area contributed by atoms with Gasteiger partial charge in [-0.25, -0.2) is 0 Å². The SMILES string of the molecule is COc1cc(CC(=O)NC(CCO)C2CCCCC2)ccc1C. The number of nitrogens with one attached hydrogen (secondary N) is 1. The van der Waals surface area contributed by atoms with Crippen molar-refractivity contribution in [2.75, 3.05) is 13.7 Å². The first-order valence-electron chi connectivity index (χ1n) is 8.67. The molecule has 1 fully saturated rings. The van der Waals surface area contributed by atoms with Crippen LogP contribution in [-0.4, -0.2) is 30.8 Å². The number of carbonyl (C=O) groups is 1. The Balaban J connectivity index is 1.95. The molecule has 1 amide bonds. The third-order valence-corrected chi connectivity index (χ3v) is 4.84. The van der Waals surface area contributed by atoms with Crippen molar-refractivity contribution in [3.63, 3.8) is 0 Å². The summed E-state index contributed by atoms with van der Waals surface area (Å²) < 4.78 is 5.32. The van der Waals surface area contributed by atoms with Crippen molar-refractivity contribution < 1.29 is 14.6 Å². The lowest BCUT2D eigenvalue weighted by molar-refractivity contribution is -0.121. The van der Waals surface area contributed by atoms with E-state index in [0.717, 1.165) is 29.7 Å². The van der Waals surface area contributed by atoms with Gasteiger partial charge in [-0.1, -0.05) is 31.4 Å². The van der Waals surface area contributed by atoms with Gasteiger partial charge >= 0.3 is 0 Å². The van der Waals surface area contributed by atoms with Crippen molar-refractivity contribution in [2.24, 2.45) is 5.92 Å². The fourth-order valence-corrected chi connectivity index (χ4v) is 3.52. The zero-order valence-electron chi connectivity index (χ0n) is 14.3. The van der Waals surface area contributed by atoms with Gasteiger partial charge in [0.1, 0.15) is 5.75 Å². The van der Waals surface area contributed by atoms with E-state index < -0.39 is 0 Å². The Hall–Kier alpha value is -1.55. The van der Waals surface area contributed by atoms with Crippen LogP contribution in [0, 0.1) is 12.8 Å². The summed E-state index contributed by atoms with van der Waals surface area (Å²) in [5, 5.41) is 12.4. The smallest absolute Gasteiger partial charge is 0.224 e. The summed E-state index contributed by atoms with van der Waals surface area (Å²) >= 11 is 0. The Morgan fingerprint density at radius 2 is 2.09 bits per heavy atom. The minimum Gasteiger partial charge on any atom is -0.496 e. The van der Waals surface area contributed by atoms with Crippen molar-refractivity contribution in [3.05, 3.63) is 29.3 Å². The number of hydrogen-bond donors (Lipinski definition) is 2. The third kappa shape index (κ3) is 5.24. The monoisotopic (exact) mass is 319 g/mol. The molecule has 0 spiro atoms. The molecule has 1 unspecified atom stereocenters. The van der Waals surface area contributed by atoms with E-state index in [0.29, 0.717) is 18.8 Å². The molecule has 1 saturated carbocycles. The van der Waals surface area contributed by atoms with Gasteiger partial charge in [0.05, 0.1) is 13.5 Å². The van der Waals surface area contributed by atoms with Gasteiger partial charge in [-0.2, -0.15) is 0 Å². The molecule has 1 aromatic rings. The van der Waals surface area contributed by atoms with E-state index in [-0.39, 0.29) is 18.6 Å². The first-order valence-corrected chi connectivity index (χ1v) is 8.67. The van der Waals surface area contributed by atoms with Gasteiger partial charge in [0, 0.05) is 12.6 Å². The van der Waals surface area contributed by atoms with Gasteiger partial charge in [0.25, 0.3) is 0 Å². The number of aryl methyl sites for hydroxylation is 1. The molecular formula is C19H29NO3. The molecule has 1 aromatic carbocycles. The van der Waals surface area contributed by atoms with Crippen molar-refractivity contribution in [1.29, 1.82) is 0 Å². The number of ether oxygens (including phenoxy) is 1. The zero-order chi connectivity index (χ0) is 16.7. The van der Waals surface area contributed by atoms with E-state index in [1.807, 2.05) is 25.1 Å².